The number of allylic oxidation sites excluding steroid dienone is 1. The lowest BCUT2D eigenvalue weighted by atomic mass is 9.72. The summed E-state index contributed by atoms with van der Waals surface area (Å²) >= 11 is 0. The Morgan fingerprint density at radius 1 is 1.00 bits per heavy atom. The van der Waals surface area contributed by atoms with Crippen LogP contribution in [0.5, 0.6) is 0 Å². The highest BCUT2D eigenvalue weighted by molar-refractivity contribution is 5.95. The van der Waals surface area contributed by atoms with Crippen molar-refractivity contribution in [2.45, 2.75) is 19.8 Å². The van der Waals surface area contributed by atoms with Gasteiger partial charge in [0.25, 0.3) is 0 Å². The summed E-state index contributed by atoms with van der Waals surface area (Å²) < 4.78 is 24.1. The van der Waals surface area contributed by atoms with Crippen molar-refractivity contribution in [3.8, 4) is 0 Å². The molecule has 0 bridgehead atoms. The van der Waals surface area contributed by atoms with Crippen LogP contribution in [-0.2, 0) is 19.1 Å². The highest BCUT2D eigenvalue weighted by atomic mass is 19.1. The van der Waals surface area contributed by atoms with E-state index >= 15 is 0 Å². The summed E-state index contributed by atoms with van der Waals surface area (Å²) in [4.78, 5) is 25.5. The largest absolute Gasteiger partial charge is 0.469 e. The molecular weight excluding hydrogens is 385 g/mol. The van der Waals surface area contributed by atoms with E-state index < -0.39 is 29.6 Å². The quantitative estimate of drug-likeness (QED) is 0.737. The predicted octanol–water partition coefficient (Wildman–Crippen LogP) is 4.51. The Bertz CT molecular complexity index is 1020. The summed E-state index contributed by atoms with van der Waals surface area (Å²) in [5, 5.41) is 3.25. The summed E-state index contributed by atoms with van der Waals surface area (Å²) in [6.07, 6.45) is 1.74. The van der Waals surface area contributed by atoms with Gasteiger partial charge in [0.05, 0.1) is 25.7 Å². The van der Waals surface area contributed by atoms with Crippen molar-refractivity contribution in [1.29, 1.82) is 0 Å². The lowest BCUT2D eigenvalue weighted by Gasteiger charge is -2.33. The summed E-state index contributed by atoms with van der Waals surface area (Å²) in [7, 11) is 2.57. The third-order valence-electron chi connectivity index (χ3n) is 5.20. The fourth-order valence-electron chi connectivity index (χ4n) is 3.74. The maximum atomic E-state index is 14.0. The van der Waals surface area contributed by atoms with E-state index in [0.717, 1.165) is 11.3 Å². The minimum atomic E-state index is -0.783. The van der Waals surface area contributed by atoms with Crippen LogP contribution in [0.15, 0.2) is 71.5 Å². The molecule has 1 aliphatic carbocycles. The molecule has 0 aliphatic heterocycles. The van der Waals surface area contributed by atoms with Gasteiger partial charge in [-0.15, -0.1) is 0 Å². The SMILES string of the molecule is COC(=O)C1=C(Nc2ccc(C)cc2)C=C(C)[C@H](C(=O)OC)[C@H]1c1cccc(F)c1. The zero-order valence-electron chi connectivity index (χ0n) is 17.4. The van der Waals surface area contributed by atoms with Crippen molar-refractivity contribution in [1.82, 2.24) is 0 Å². The number of aryl methyl sites for hydroxylation is 1. The molecule has 6 heteroatoms. The lowest BCUT2D eigenvalue weighted by Crippen LogP contribution is -2.33. The number of ether oxygens (including phenoxy) is 2. The molecule has 30 heavy (non-hydrogen) atoms. The minimum Gasteiger partial charge on any atom is -0.469 e. The average Bonchev–Trinajstić information content (AvgIpc) is 2.74. The van der Waals surface area contributed by atoms with E-state index in [1.165, 1.54) is 26.4 Å². The van der Waals surface area contributed by atoms with Crippen molar-refractivity contribution < 1.29 is 23.5 Å². The zero-order chi connectivity index (χ0) is 21.8. The first-order valence-electron chi connectivity index (χ1n) is 9.53. The first kappa shape index (κ1) is 21.3. The molecule has 156 valence electrons. The topological polar surface area (TPSA) is 64.6 Å². The monoisotopic (exact) mass is 409 g/mol. The molecule has 0 unspecified atom stereocenters. The van der Waals surface area contributed by atoms with Crippen LogP contribution in [0, 0.1) is 18.7 Å². The number of nitrogens with one attached hydrogen (secondary N) is 1. The number of halogens is 1. The van der Waals surface area contributed by atoms with Crippen LogP contribution in [0.1, 0.15) is 24.0 Å². The van der Waals surface area contributed by atoms with Crippen molar-refractivity contribution in [2.75, 3.05) is 19.5 Å². The van der Waals surface area contributed by atoms with E-state index in [-0.39, 0.29) is 5.57 Å². The zero-order valence-corrected chi connectivity index (χ0v) is 17.4. The number of anilines is 1. The van der Waals surface area contributed by atoms with Crippen LogP contribution >= 0.6 is 0 Å². The van der Waals surface area contributed by atoms with Gasteiger partial charge in [0, 0.05) is 17.3 Å². The Hall–Kier alpha value is -3.41. The number of rotatable bonds is 5. The fourth-order valence-corrected chi connectivity index (χ4v) is 3.74. The minimum absolute atomic E-state index is 0.240. The molecule has 3 rings (SSSR count). The van der Waals surface area contributed by atoms with E-state index in [1.807, 2.05) is 31.2 Å². The van der Waals surface area contributed by atoms with Crippen molar-refractivity contribution in [3.05, 3.63) is 88.4 Å². The molecule has 2 atom stereocenters. The van der Waals surface area contributed by atoms with Crippen LogP contribution in [0.25, 0.3) is 0 Å². The first-order chi connectivity index (χ1) is 14.3. The molecule has 5 nitrogen and oxygen atoms in total. The van der Waals surface area contributed by atoms with Gasteiger partial charge in [-0.3, -0.25) is 4.79 Å². The Kier molecular flexibility index (Phi) is 6.35. The van der Waals surface area contributed by atoms with Crippen LogP contribution < -0.4 is 5.32 Å². The van der Waals surface area contributed by atoms with Gasteiger partial charge in [-0.1, -0.05) is 35.4 Å². The number of hydrogen-bond donors (Lipinski definition) is 1. The van der Waals surface area contributed by atoms with Gasteiger partial charge in [-0.2, -0.15) is 0 Å². The standard InChI is InChI=1S/C24H24FNO4/c1-14-8-10-18(11-9-14)26-19-12-15(2)20(23(27)29-3)21(22(19)24(28)30-4)16-6-5-7-17(25)13-16/h5-13,20-21,26H,1-4H3/t20-,21+/m0/s1. The van der Waals surface area contributed by atoms with Crippen molar-refractivity contribution >= 4 is 17.6 Å². The second-order valence-corrected chi connectivity index (χ2v) is 7.23. The summed E-state index contributed by atoms with van der Waals surface area (Å²) in [6.45, 7) is 3.77. The van der Waals surface area contributed by atoms with Gasteiger partial charge in [0.2, 0.25) is 0 Å². The molecule has 0 fully saturated rings. The maximum Gasteiger partial charge on any atom is 0.336 e. The molecule has 0 spiro atoms. The third-order valence-corrected chi connectivity index (χ3v) is 5.20. The Morgan fingerprint density at radius 3 is 2.30 bits per heavy atom. The van der Waals surface area contributed by atoms with Crippen LogP contribution in [-0.4, -0.2) is 26.2 Å². The second-order valence-electron chi connectivity index (χ2n) is 7.23. The Labute approximate surface area is 175 Å². The molecule has 1 aliphatic rings. The Morgan fingerprint density at radius 2 is 1.70 bits per heavy atom. The van der Waals surface area contributed by atoms with E-state index in [1.54, 1.807) is 25.1 Å². The van der Waals surface area contributed by atoms with Gasteiger partial charge in [0.15, 0.2) is 0 Å². The normalized spacial score (nSPS) is 18.5. The molecule has 2 aromatic rings. The summed E-state index contributed by atoms with van der Waals surface area (Å²) in [5.74, 6) is -3.11. The summed E-state index contributed by atoms with van der Waals surface area (Å²) in [6, 6.07) is 13.6. The molecule has 1 N–H and O–H groups in total. The van der Waals surface area contributed by atoms with Gasteiger partial charge in [0.1, 0.15) is 5.82 Å². The predicted molar refractivity (Wildman–Crippen MR) is 112 cm³/mol. The van der Waals surface area contributed by atoms with Gasteiger partial charge in [-0.05, 0) is 49.8 Å². The van der Waals surface area contributed by atoms with Crippen LogP contribution in [0.3, 0.4) is 0 Å². The average molecular weight is 409 g/mol. The Balaban J connectivity index is 2.21. The number of hydrogen-bond acceptors (Lipinski definition) is 5. The first-order valence-corrected chi connectivity index (χ1v) is 9.53. The number of carbonyl (C=O) groups excluding carboxylic acids is 2. The molecule has 0 aromatic heterocycles. The van der Waals surface area contributed by atoms with Gasteiger partial charge >= 0.3 is 11.9 Å². The van der Waals surface area contributed by atoms with Gasteiger partial charge in [-0.25, -0.2) is 9.18 Å². The molecule has 2 aromatic carbocycles. The number of methoxy groups -OCH3 is 2. The fraction of sp³-hybridized carbons (Fsp3) is 0.250. The molecular formula is C24H24FNO4. The second kappa shape index (κ2) is 8.95. The molecule has 0 amide bonds. The highest BCUT2D eigenvalue weighted by Crippen LogP contribution is 2.43. The van der Waals surface area contributed by atoms with E-state index in [0.29, 0.717) is 16.8 Å². The maximum absolute atomic E-state index is 14.0. The van der Waals surface area contributed by atoms with E-state index in [9.17, 15) is 14.0 Å². The third kappa shape index (κ3) is 4.27. The van der Waals surface area contributed by atoms with E-state index in [2.05, 4.69) is 5.32 Å². The number of esters is 2. The van der Waals surface area contributed by atoms with Crippen LogP contribution in [0.4, 0.5) is 10.1 Å². The van der Waals surface area contributed by atoms with Gasteiger partial charge < -0.3 is 14.8 Å². The molecule has 0 radical (unpaired) electrons. The molecule has 0 heterocycles. The molecule has 0 saturated heterocycles. The van der Waals surface area contributed by atoms with Crippen molar-refractivity contribution in [2.24, 2.45) is 5.92 Å². The van der Waals surface area contributed by atoms with E-state index in [4.69, 9.17) is 9.47 Å². The van der Waals surface area contributed by atoms with Crippen molar-refractivity contribution in [3.63, 3.8) is 0 Å². The lowest BCUT2D eigenvalue weighted by molar-refractivity contribution is -0.144. The van der Waals surface area contributed by atoms with Crippen LogP contribution in [0.2, 0.25) is 0 Å². The smallest absolute Gasteiger partial charge is 0.336 e. The number of benzene rings is 2. The highest BCUT2D eigenvalue weighted by Gasteiger charge is 2.42. The number of carbonyl (C=O) groups is 2. The summed E-state index contributed by atoms with van der Waals surface area (Å²) in [5.41, 5.74) is 3.79. The molecule has 0 saturated carbocycles.